The summed E-state index contributed by atoms with van der Waals surface area (Å²) in [6.45, 7) is -2.59. The third kappa shape index (κ3) is 8.58. The zero-order valence-corrected chi connectivity index (χ0v) is 32.3. The Labute approximate surface area is 331 Å². The Morgan fingerprint density at radius 2 is 1.18 bits per heavy atom. The van der Waals surface area contributed by atoms with Crippen LogP contribution in [0, 0.1) is 0 Å². The quantitative estimate of drug-likeness (QED) is 0.135. The molecule has 0 amide bonds. The Hall–Kier alpha value is -5.94. The molecule has 57 heavy (non-hydrogen) atoms. The summed E-state index contributed by atoms with van der Waals surface area (Å²) >= 11 is 3.38. The van der Waals surface area contributed by atoms with Crippen molar-refractivity contribution < 1.29 is 31.8 Å². The summed E-state index contributed by atoms with van der Waals surface area (Å²) in [4.78, 5) is 36.2. The largest absolute Gasteiger partial charge is 0.434 e. The highest BCUT2D eigenvalue weighted by atomic mass is 79.9. The SMILES string of the molecule is Cn1c(=O)c2ccc(-c3cnc(N4CCOCC4)nc3)cc2n1Cc1ccccc1OC(F)F.Cn1c(=O)c2ccc(Br)cc2n1Cc1ccccc1OC(F)F. The molecule has 0 spiro atoms. The van der Waals surface area contributed by atoms with E-state index in [1.54, 1.807) is 90.4 Å². The molecular weight excluding hydrogens is 814 g/mol. The number of hydrogen-bond donors (Lipinski definition) is 0. The second-order valence-electron chi connectivity index (χ2n) is 13.0. The average Bonchev–Trinajstić information content (AvgIpc) is 3.58. The van der Waals surface area contributed by atoms with E-state index in [1.165, 1.54) is 21.5 Å². The Morgan fingerprint density at radius 3 is 1.70 bits per heavy atom. The molecule has 1 fully saturated rings. The van der Waals surface area contributed by atoms with Crippen molar-refractivity contribution in [2.45, 2.75) is 26.3 Å². The van der Waals surface area contributed by atoms with Gasteiger partial charge in [0.15, 0.2) is 0 Å². The predicted octanol–water partition coefficient (Wildman–Crippen LogP) is 7.04. The van der Waals surface area contributed by atoms with Crippen LogP contribution in [0.25, 0.3) is 32.9 Å². The minimum Gasteiger partial charge on any atom is -0.434 e. The third-order valence-corrected chi connectivity index (χ3v) is 10.1. The van der Waals surface area contributed by atoms with E-state index < -0.39 is 13.2 Å². The number of alkyl halides is 4. The zero-order valence-electron chi connectivity index (χ0n) is 30.7. The molecular formula is C40H36BrF4N7O5. The van der Waals surface area contributed by atoms with Crippen LogP contribution in [0.15, 0.2) is 111 Å². The van der Waals surface area contributed by atoms with Gasteiger partial charge in [-0.3, -0.25) is 28.3 Å². The normalized spacial score (nSPS) is 13.0. The van der Waals surface area contributed by atoms with Crippen LogP contribution in [0.2, 0.25) is 0 Å². The van der Waals surface area contributed by atoms with Crippen LogP contribution in [0.4, 0.5) is 23.5 Å². The molecule has 1 saturated heterocycles. The summed E-state index contributed by atoms with van der Waals surface area (Å²) in [5.41, 5.74) is 3.85. The number of rotatable bonds is 10. The van der Waals surface area contributed by atoms with Crippen LogP contribution in [0.3, 0.4) is 0 Å². The van der Waals surface area contributed by atoms with E-state index in [4.69, 9.17) is 4.74 Å². The Balaban J connectivity index is 0.000000188. The number of benzene rings is 4. The van der Waals surface area contributed by atoms with Crippen molar-refractivity contribution in [3.05, 3.63) is 134 Å². The zero-order chi connectivity index (χ0) is 40.2. The summed E-state index contributed by atoms with van der Waals surface area (Å²) < 4.78 is 72.7. The Morgan fingerprint density at radius 1 is 0.684 bits per heavy atom. The van der Waals surface area contributed by atoms with E-state index >= 15 is 0 Å². The maximum Gasteiger partial charge on any atom is 0.387 e. The van der Waals surface area contributed by atoms with Crippen molar-refractivity contribution in [1.82, 2.24) is 28.7 Å². The number of para-hydroxylation sites is 2. The summed E-state index contributed by atoms with van der Waals surface area (Å²) in [6, 6.07) is 24.0. The number of fused-ring (bicyclic) bond motifs is 2. The molecule has 8 rings (SSSR count). The van der Waals surface area contributed by atoms with Gasteiger partial charge in [0.2, 0.25) is 5.95 Å². The van der Waals surface area contributed by atoms with Crippen molar-refractivity contribution >= 4 is 43.7 Å². The summed E-state index contributed by atoms with van der Waals surface area (Å²) in [6.07, 6.45) is 3.52. The van der Waals surface area contributed by atoms with E-state index in [1.807, 2.05) is 18.2 Å². The highest BCUT2D eigenvalue weighted by molar-refractivity contribution is 9.10. The number of nitrogens with zero attached hydrogens (tertiary/aromatic N) is 7. The predicted molar refractivity (Wildman–Crippen MR) is 210 cm³/mol. The van der Waals surface area contributed by atoms with Gasteiger partial charge in [0.05, 0.1) is 48.1 Å². The Kier molecular flexibility index (Phi) is 11.8. The number of aromatic nitrogens is 6. The monoisotopic (exact) mass is 849 g/mol. The minimum absolute atomic E-state index is 0.0788. The van der Waals surface area contributed by atoms with Gasteiger partial charge in [0, 0.05) is 60.7 Å². The van der Waals surface area contributed by atoms with Crippen LogP contribution in [0.5, 0.6) is 11.5 Å². The van der Waals surface area contributed by atoms with Gasteiger partial charge in [0.1, 0.15) is 11.5 Å². The highest BCUT2D eigenvalue weighted by Gasteiger charge is 2.18. The van der Waals surface area contributed by atoms with E-state index in [2.05, 4.69) is 40.3 Å². The van der Waals surface area contributed by atoms with Gasteiger partial charge < -0.3 is 19.1 Å². The first kappa shape index (κ1) is 39.3. The van der Waals surface area contributed by atoms with Gasteiger partial charge in [0.25, 0.3) is 11.1 Å². The fraction of sp³-hybridized carbons (Fsp3) is 0.250. The lowest BCUT2D eigenvalue weighted by molar-refractivity contribution is -0.0511. The molecule has 17 heteroatoms. The fourth-order valence-corrected chi connectivity index (χ4v) is 7.04. The molecule has 1 aliphatic rings. The lowest BCUT2D eigenvalue weighted by atomic mass is 10.1. The molecule has 7 aromatic rings. The van der Waals surface area contributed by atoms with Gasteiger partial charge in [-0.15, -0.1) is 0 Å². The smallest absolute Gasteiger partial charge is 0.387 e. The first-order valence-corrected chi connectivity index (χ1v) is 18.5. The van der Waals surface area contributed by atoms with Crippen LogP contribution in [0.1, 0.15) is 11.1 Å². The molecule has 0 radical (unpaired) electrons. The molecule has 4 aromatic carbocycles. The highest BCUT2D eigenvalue weighted by Crippen LogP contribution is 2.27. The van der Waals surface area contributed by atoms with Gasteiger partial charge >= 0.3 is 13.2 Å². The van der Waals surface area contributed by atoms with E-state index in [0.717, 1.165) is 34.2 Å². The van der Waals surface area contributed by atoms with E-state index in [-0.39, 0.29) is 35.7 Å². The summed E-state index contributed by atoms with van der Waals surface area (Å²) in [5, 5.41) is 1.10. The standard InChI is InChI=1S/C24H23F2N5O3.C16H13BrF2N2O2/c1-29-22(32)19-7-6-16(18-13-27-24(28-14-18)30-8-10-33-11-9-30)12-20(19)31(29)15-17-4-2-3-5-21(17)34-23(25)26;1-20-15(22)12-7-6-11(17)8-13(12)21(20)9-10-4-2-3-5-14(10)23-16(18)19/h2-7,12-14,23H,8-11,15H2,1H3;2-8,16H,9H2,1H3. The first-order valence-electron chi connectivity index (χ1n) is 17.7. The first-order chi connectivity index (χ1) is 27.5. The van der Waals surface area contributed by atoms with Crippen LogP contribution in [-0.2, 0) is 31.9 Å². The van der Waals surface area contributed by atoms with Crippen LogP contribution >= 0.6 is 15.9 Å². The van der Waals surface area contributed by atoms with Gasteiger partial charge in [-0.2, -0.15) is 17.6 Å². The lowest BCUT2D eigenvalue weighted by Gasteiger charge is -2.26. The molecule has 0 N–H and O–H groups in total. The lowest BCUT2D eigenvalue weighted by Crippen LogP contribution is -2.37. The van der Waals surface area contributed by atoms with Crippen molar-refractivity contribution in [2.75, 3.05) is 31.2 Å². The Bertz CT molecular complexity index is 2640. The van der Waals surface area contributed by atoms with Gasteiger partial charge in [-0.05, 0) is 48.0 Å². The number of ether oxygens (including phenoxy) is 3. The molecule has 1 aliphatic heterocycles. The molecule has 0 aliphatic carbocycles. The summed E-state index contributed by atoms with van der Waals surface area (Å²) in [5.74, 6) is 0.835. The van der Waals surface area contributed by atoms with Crippen LogP contribution in [-0.4, -0.2) is 68.2 Å². The number of anilines is 1. The minimum atomic E-state index is -2.93. The molecule has 0 saturated carbocycles. The molecule has 0 bridgehead atoms. The van der Waals surface area contributed by atoms with Crippen molar-refractivity contribution in [1.29, 1.82) is 0 Å². The summed E-state index contributed by atoms with van der Waals surface area (Å²) in [7, 11) is 3.30. The topological polar surface area (TPSA) is 111 Å². The molecule has 3 aromatic heterocycles. The van der Waals surface area contributed by atoms with E-state index in [0.29, 0.717) is 46.6 Å². The van der Waals surface area contributed by atoms with E-state index in [9.17, 15) is 27.2 Å². The van der Waals surface area contributed by atoms with Crippen molar-refractivity contribution in [3.63, 3.8) is 0 Å². The maximum atomic E-state index is 12.9. The molecule has 12 nitrogen and oxygen atoms in total. The van der Waals surface area contributed by atoms with Crippen molar-refractivity contribution in [3.8, 4) is 22.6 Å². The average molecular weight is 851 g/mol. The molecule has 296 valence electrons. The fourth-order valence-electron chi connectivity index (χ4n) is 6.69. The second-order valence-corrected chi connectivity index (χ2v) is 13.9. The second kappa shape index (κ2) is 17.1. The van der Waals surface area contributed by atoms with Gasteiger partial charge in [-0.25, -0.2) is 9.97 Å². The number of hydrogen-bond acceptors (Lipinski definition) is 8. The van der Waals surface area contributed by atoms with Crippen molar-refractivity contribution in [2.24, 2.45) is 14.1 Å². The number of halogens is 5. The molecule has 0 unspecified atom stereocenters. The molecule has 4 heterocycles. The van der Waals surface area contributed by atoms with Gasteiger partial charge in [-0.1, -0.05) is 58.4 Å². The van der Waals surface area contributed by atoms with Crippen LogP contribution < -0.4 is 25.5 Å². The number of morpholine rings is 1. The third-order valence-electron chi connectivity index (χ3n) is 9.57. The maximum absolute atomic E-state index is 12.9. The molecule has 0 atom stereocenters.